The zero-order valence-electron chi connectivity index (χ0n) is 11.9. The van der Waals surface area contributed by atoms with Crippen LogP contribution in [0.5, 0.6) is 5.75 Å². The summed E-state index contributed by atoms with van der Waals surface area (Å²) in [4.78, 5) is 12.2. The molecule has 4 nitrogen and oxygen atoms in total. The maximum Gasteiger partial charge on any atom is 0.255 e. The fourth-order valence-corrected chi connectivity index (χ4v) is 2.17. The first-order valence-corrected chi connectivity index (χ1v) is 6.86. The fraction of sp³-hybridized carbons (Fsp3) is 0.235. The van der Waals surface area contributed by atoms with Crippen LogP contribution in [-0.4, -0.2) is 28.8 Å². The highest BCUT2D eigenvalue weighted by atomic mass is 16.3. The summed E-state index contributed by atoms with van der Waals surface area (Å²) in [6.45, 7) is 1.58. The average Bonchev–Trinajstić information content (AvgIpc) is 2.50. The number of benzene rings is 2. The first-order chi connectivity index (χ1) is 10.1. The number of amides is 1. The van der Waals surface area contributed by atoms with Crippen LogP contribution in [0.15, 0.2) is 48.5 Å². The summed E-state index contributed by atoms with van der Waals surface area (Å²) >= 11 is 0. The van der Waals surface area contributed by atoms with Crippen molar-refractivity contribution < 1.29 is 15.0 Å². The van der Waals surface area contributed by atoms with E-state index >= 15 is 0 Å². The molecule has 0 aliphatic carbocycles. The normalized spacial score (nSPS) is 11.9. The lowest BCUT2D eigenvalue weighted by molar-refractivity contribution is 0.0913. The average molecular weight is 285 g/mol. The highest BCUT2D eigenvalue weighted by molar-refractivity contribution is 5.97. The molecule has 2 rings (SSSR count). The quantitative estimate of drug-likeness (QED) is 0.787. The highest BCUT2D eigenvalue weighted by Crippen LogP contribution is 2.21. The van der Waals surface area contributed by atoms with Gasteiger partial charge in [-0.3, -0.25) is 4.79 Å². The van der Waals surface area contributed by atoms with Crippen molar-refractivity contribution in [3.8, 4) is 5.75 Å². The maximum absolute atomic E-state index is 12.2. The van der Waals surface area contributed by atoms with Crippen molar-refractivity contribution >= 4 is 5.91 Å². The van der Waals surface area contributed by atoms with Crippen molar-refractivity contribution in [2.24, 2.45) is 0 Å². The Hall–Kier alpha value is -2.33. The van der Waals surface area contributed by atoms with Gasteiger partial charge >= 0.3 is 0 Å². The molecule has 0 spiro atoms. The van der Waals surface area contributed by atoms with Crippen molar-refractivity contribution in [2.75, 3.05) is 6.61 Å². The van der Waals surface area contributed by atoms with Crippen LogP contribution in [0.3, 0.4) is 0 Å². The van der Waals surface area contributed by atoms with Gasteiger partial charge in [0.2, 0.25) is 0 Å². The number of carbonyl (C=O) groups excluding carboxylic acids is 1. The molecular weight excluding hydrogens is 266 g/mol. The Balaban J connectivity index is 2.08. The lowest BCUT2D eigenvalue weighted by Gasteiger charge is -2.17. The largest absolute Gasteiger partial charge is 0.507 e. The molecule has 1 amide bonds. The lowest BCUT2D eigenvalue weighted by Crippen LogP contribution is -2.39. The van der Waals surface area contributed by atoms with Gasteiger partial charge in [-0.15, -0.1) is 0 Å². The molecule has 4 heteroatoms. The van der Waals surface area contributed by atoms with Gasteiger partial charge in [0, 0.05) is 0 Å². The van der Waals surface area contributed by atoms with Crippen molar-refractivity contribution in [1.82, 2.24) is 5.32 Å². The molecule has 110 valence electrons. The van der Waals surface area contributed by atoms with E-state index < -0.39 is 0 Å². The van der Waals surface area contributed by atoms with Crippen LogP contribution in [-0.2, 0) is 6.42 Å². The number of hydrogen-bond donors (Lipinski definition) is 3. The Bertz CT molecular complexity index is 611. The minimum atomic E-state index is -0.389. The molecular formula is C17H19NO3. The summed E-state index contributed by atoms with van der Waals surface area (Å²) in [5.41, 5.74) is 1.90. The van der Waals surface area contributed by atoms with Crippen LogP contribution in [0, 0.1) is 6.92 Å². The Kier molecular flexibility index (Phi) is 4.95. The van der Waals surface area contributed by atoms with E-state index in [9.17, 15) is 15.0 Å². The van der Waals surface area contributed by atoms with Crippen molar-refractivity contribution in [3.63, 3.8) is 0 Å². The molecule has 0 unspecified atom stereocenters. The SMILES string of the molecule is Cc1cccc(C(=O)N[C@@H](CO)Cc2ccccc2)c1O. The molecule has 0 bridgehead atoms. The van der Waals surface area contributed by atoms with E-state index in [-0.39, 0.29) is 29.9 Å². The summed E-state index contributed by atoms with van der Waals surface area (Å²) < 4.78 is 0. The van der Waals surface area contributed by atoms with E-state index in [1.54, 1.807) is 25.1 Å². The number of phenolic OH excluding ortho intramolecular Hbond substituents is 1. The number of aliphatic hydroxyl groups excluding tert-OH is 1. The molecule has 2 aromatic rings. The van der Waals surface area contributed by atoms with Gasteiger partial charge < -0.3 is 15.5 Å². The van der Waals surface area contributed by atoms with Gasteiger partial charge in [-0.05, 0) is 30.5 Å². The van der Waals surface area contributed by atoms with Gasteiger partial charge in [-0.1, -0.05) is 42.5 Å². The van der Waals surface area contributed by atoms with Crippen LogP contribution in [0.25, 0.3) is 0 Å². The van der Waals surface area contributed by atoms with Crippen molar-refractivity contribution in [3.05, 3.63) is 65.2 Å². The molecule has 2 aromatic carbocycles. The minimum absolute atomic E-state index is 0.0219. The van der Waals surface area contributed by atoms with E-state index in [1.165, 1.54) is 0 Å². The van der Waals surface area contributed by atoms with Crippen LogP contribution in [0.2, 0.25) is 0 Å². The molecule has 0 aromatic heterocycles. The van der Waals surface area contributed by atoms with Crippen LogP contribution in [0.1, 0.15) is 21.5 Å². The van der Waals surface area contributed by atoms with E-state index in [0.29, 0.717) is 12.0 Å². The van der Waals surface area contributed by atoms with Crippen molar-refractivity contribution in [2.45, 2.75) is 19.4 Å². The van der Waals surface area contributed by atoms with Crippen LogP contribution < -0.4 is 5.32 Å². The first kappa shape index (κ1) is 15.1. The van der Waals surface area contributed by atoms with Gasteiger partial charge in [0.15, 0.2) is 0 Å². The second kappa shape index (κ2) is 6.90. The smallest absolute Gasteiger partial charge is 0.255 e. The first-order valence-electron chi connectivity index (χ1n) is 6.86. The number of aromatic hydroxyl groups is 1. The molecule has 0 saturated carbocycles. The van der Waals surface area contributed by atoms with E-state index in [0.717, 1.165) is 5.56 Å². The molecule has 0 heterocycles. The molecule has 3 N–H and O–H groups in total. The Labute approximate surface area is 124 Å². The fourth-order valence-electron chi connectivity index (χ4n) is 2.17. The van der Waals surface area contributed by atoms with Crippen LogP contribution in [0.4, 0.5) is 0 Å². The number of carbonyl (C=O) groups is 1. The number of rotatable bonds is 5. The third-order valence-electron chi connectivity index (χ3n) is 3.36. The third-order valence-corrected chi connectivity index (χ3v) is 3.36. The molecule has 0 aliphatic heterocycles. The summed E-state index contributed by atoms with van der Waals surface area (Å²) in [7, 11) is 0. The molecule has 0 aliphatic rings. The van der Waals surface area contributed by atoms with Gasteiger partial charge in [-0.25, -0.2) is 0 Å². The van der Waals surface area contributed by atoms with Gasteiger partial charge in [-0.2, -0.15) is 0 Å². The zero-order valence-corrected chi connectivity index (χ0v) is 11.9. The summed E-state index contributed by atoms with van der Waals surface area (Å²) in [6.07, 6.45) is 0.537. The predicted molar refractivity (Wildman–Crippen MR) is 81.3 cm³/mol. The Morgan fingerprint density at radius 3 is 2.52 bits per heavy atom. The molecule has 0 radical (unpaired) electrons. The van der Waals surface area contributed by atoms with Crippen molar-refractivity contribution in [1.29, 1.82) is 0 Å². The molecule has 0 saturated heterocycles. The third kappa shape index (κ3) is 3.83. The van der Waals surface area contributed by atoms with Gasteiger partial charge in [0.25, 0.3) is 5.91 Å². The summed E-state index contributed by atoms with van der Waals surface area (Å²) in [5.74, 6) is -0.405. The van der Waals surface area contributed by atoms with Gasteiger partial charge in [0.1, 0.15) is 5.75 Å². The number of aryl methyl sites for hydroxylation is 1. The molecule has 0 fully saturated rings. The van der Waals surface area contributed by atoms with E-state index in [2.05, 4.69) is 5.32 Å². The maximum atomic E-state index is 12.2. The topological polar surface area (TPSA) is 69.6 Å². The number of aliphatic hydroxyl groups is 1. The minimum Gasteiger partial charge on any atom is -0.507 e. The zero-order chi connectivity index (χ0) is 15.2. The second-order valence-electron chi connectivity index (χ2n) is 5.01. The molecule has 21 heavy (non-hydrogen) atoms. The summed E-state index contributed by atoms with van der Waals surface area (Å²) in [5, 5.41) is 22.1. The summed E-state index contributed by atoms with van der Waals surface area (Å²) in [6, 6.07) is 14.3. The van der Waals surface area contributed by atoms with E-state index in [4.69, 9.17) is 0 Å². The van der Waals surface area contributed by atoms with E-state index in [1.807, 2.05) is 30.3 Å². The van der Waals surface area contributed by atoms with Crippen LogP contribution >= 0.6 is 0 Å². The molecule has 1 atom stereocenters. The Morgan fingerprint density at radius 2 is 1.86 bits per heavy atom. The number of hydrogen-bond acceptors (Lipinski definition) is 3. The number of phenols is 1. The number of nitrogens with one attached hydrogen (secondary N) is 1. The second-order valence-corrected chi connectivity index (χ2v) is 5.01. The monoisotopic (exact) mass is 285 g/mol. The number of para-hydroxylation sites is 1. The van der Waals surface area contributed by atoms with Gasteiger partial charge in [0.05, 0.1) is 18.2 Å². The predicted octanol–water partition coefficient (Wildman–Crippen LogP) is 2.03. The lowest BCUT2D eigenvalue weighted by atomic mass is 10.1. The highest BCUT2D eigenvalue weighted by Gasteiger charge is 2.17. The standard InChI is InChI=1S/C17H19NO3/c1-12-6-5-9-15(16(12)20)17(21)18-14(11-19)10-13-7-3-2-4-8-13/h2-9,14,19-20H,10-11H2,1H3,(H,18,21)/t14-/m1/s1. The Morgan fingerprint density at radius 1 is 1.14 bits per heavy atom.